The van der Waals surface area contributed by atoms with E-state index in [1.165, 1.54) is 6.07 Å². The first-order valence-electron chi connectivity index (χ1n) is 6.14. The number of halogens is 1. The van der Waals surface area contributed by atoms with Crippen LogP contribution in [0, 0.1) is 17.1 Å². The van der Waals surface area contributed by atoms with Crippen molar-refractivity contribution in [2.24, 2.45) is 0 Å². The molecule has 2 aromatic carbocycles. The molecule has 0 aromatic heterocycles. The molecule has 0 N–H and O–H groups in total. The predicted molar refractivity (Wildman–Crippen MR) is 71.3 cm³/mol. The summed E-state index contributed by atoms with van der Waals surface area (Å²) in [4.78, 5) is 0. The Labute approximate surface area is 112 Å². The Kier molecular flexibility index (Phi) is 4.15. The highest BCUT2D eigenvalue weighted by Gasteiger charge is 2.09. The molecule has 0 fully saturated rings. The molecule has 0 spiro atoms. The first kappa shape index (κ1) is 13.1. The van der Waals surface area contributed by atoms with Gasteiger partial charge in [0.15, 0.2) is 0 Å². The summed E-state index contributed by atoms with van der Waals surface area (Å²) in [5.74, 6) is 0.255. The summed E-state index contributed by atoms with van der Waals surface area (Å²) in [6, 6.07) is 14.3. The van der Waals surface area contributed by atoms with Gasteiger partial charge in [0.1, 0.15) is 24.2 Å². The summed E-state index contributed by atoms with van der Waals surface area (Å²) in [6.45, 7) is 2.16. The zero-order valence-electron chi connectivity index (χ0n) is 10.7. The Balaban J connectivity index is 2.17. The third-order valence-electron chi connectivity index (χ3n) is 2.94. The number of nitrogens with zero attached hydrogens (tertiary/aromatic N) is 1. The third kappa shape index (κ3) is 2.92. The van der Waals surface area contributed by atoms with E-state index in [4.69, 9.17) is 10.00 Å². The SMILES string of the molecule is CCc1ccccc1OCc1cccc(C#N)c1F. The number of hydrogen-bond acceptors (Lipinski definition) is 2. The first-order chi connectivity index (χ1) is 9.26. The van der Waals surface area contributed by atoms with Crippen molar-refractivity contribution >= 4 is 0 Å². The van der Waals surface area contributed by atoms with E-state index in [0.29, 0.717) is 5.56 Å². The highest BCUT2D eigenvalue weighted by molar-refractivity contribution is 5.36. The number of aryl methyl sites for hydroxylation is 1. The van der Waals surface area contributed by atoms with Crippen LogP contribution in [0.1, 0.15) is 23.6 Å². The minimum Gasteiger partial charge on any atom is -0.489 e. The fraction of sp³-hybridized carbons (Fsp3) is 0.188. The van der Waals surface area contributed by atoms with Gasteiger partial charge in [-0.15, -0.1) is 0 Å². The van der Waals surface area contributed by atoms with Crippen LogP contribution in [0.15, 0.2) is 42.5 Å². The number of rotatable bonds is 4. The Morgan fingerprint density at radius 2 is 1.84 bits per heavy atom. The second kappa shape index (κ2) is 6.01. The maximum absolute atomic E-state index is 13.9. The molecule has 96 valence electrons. The molecule has 0 bridgehead atoms. The van der Waals surface area contributed by atoms with Crippen molar-refractivity contribution < 1.29 is 9.13 Å². The van der Waals surface area contributed by atoms with Crippen molar-refractivity contribution in [2.45, 2.75) is 20.0 Å². The van der Waals surface area contributed by atoms with E-state index in [1.807, 2.05) is 37.3 Å². The van der Waals surface area contributed by atoms with Crippen molar-refractivity contribution in [1.29, 1.82) is 5.26 Å². The van der Waals surface area contributed by atoms with Crippen molar-refractivity contribution in [3.05, 3.63) is 65.0 Å². The zero-order chi connectivity index (χ0) is 13.7. The fourth-order valence-electron chi connectivity index (χ4n) is 1.87. The van der Waals surface area contributed by atoms with E-state index in [1.54, 1.807) is 12.1 Å². The van der Waals surface area contributed by atoms with Crippen LogP contribution >= 0.6 is 0 Å². The quantitative estimate of drug-likeness (QED) is 0.831. The van der Waals surface area contributed by atoms with Crippen molar-refractivity contribution in [3.8, 4) is 11.8 Å². The van der Waals surface area contributed by atoms with Crippen LogP contribution in [0.2, 0.25) is 0 Å². The number of ether oxygens (including phenoxy) is 1. The summed E-state index contributed by atoms with van der Waals surface area (Å²) in [7, 11) is 0. The molecule has 0 atom stereocenters. The molecule has 0 radical (unpaired) electrons. The van der Waals surface area contributed by atoms with Crippen molar-refractivity contribution in [1.82, 2.24) is 0 Å². The van der Waals surface area contributed by atoms with Crippen molar-refractivity contribution in [2.75, 3.05) is 0 Å². The van der Waals surface area contributed by atoms with Gasteiger partial charge >= 0.3 is 0 Å². The molecule has 0 saturated carbocycles. The van der Waals surface area contributed by atoms with Gasteiger partial charge in [0.25, 0.3) is 0 Å². The van der Waals surface area contributed by atoms with E-state index >= 15 is 0 Å². The average molecular weight is 255 g/mol. The summed E-state index contributed by atoms with van der Waals surface area (Å²) < 4.78 is 19.5. The zero-order valence-corrected chi connectivity index (χ0v) is 10.7. The van der Waals surface area contributed by atoms with Gasteiger partial charge in [-0.3, -0.25) is 0 Å². The molecule has 0 aliphatic heterocycles. The summed E-state index contributed by atoms with van der Waals surface area (Å²) in [5, 5.41) is 8.78. The second-order valence-corrected chi connectivity index (χ2v) is 4.14. The lowest BCUT2D eigenvalue weighted by molar-refractivity contribution is 0.297. The van der Waals surface area contributed by atoms with Crippen LogP contribution in [0.5, 0.6) is 5.75 Å². The molecule has 0 heterocycles. The molecular formula is C16H14FNO. The number of hydrogen-bond donors (Lipinski definition) is 0. The van der Waals surface area contributed by atoms with Gasteiger partial charge in [-0.25, -0.2) is 4.39 Å². The molecule has 0 aliphatic carbocycles. The monoisotopic (exact) mass is 255 g/mol. The smallest absolute Gasteiger partial charge is 0.147 e. The highest BCUT2D eigenvalue weighted by Crippen LogP contribution is 2.21. The topological polar surface area (TPSA) is 33.0 Å². The van der Waals surface area contributed by atoms with Gasteiger partial charge < -0.3 is 4.74 Å². The Morgan fingerprint density at radius 3 is 2.58 bits per heavy atom. The fourth-order valence-corrected chi connectivity index (χ4v) is 1.87. The Hall–Kier alpha value is -2.34. The molecule has 2 rings (SSSR count). The molecule has 3 heteroatoms. The van der Waals surface area contributed by atoms with E-state index in [2.05, 4.69) is 0 Å². The summed E-state index contributed by atoms with van der Waals surface area (Å²) in [6.07, 6.45) is 0.858. The number of para-hydroxylation sites is 1. The molecule has 0 unspecified atom stereocenters. The van der Waals surface area contributed by atoms with E-state index < -0.39 is 5.82 Å². The molecule has 0 amide bonds. The van der Waals surface area contributed by atoms with Crippen LogP contribution in [0.3, 0.4) is 0 Å². The van der Waals surface area contributed by atoms with E-state index in [0.717, 1.165) is 17.7 Å². The van der Waals surface area contributed by atoms with Gasteiger partial charge in [0, 0.05) is 5.56 Å². The lowest BCUT2D eigenvalue weighted by Gasteiger charge is -2.11. The van der Waals surface area contributed by atoms with Gasteiger partial charge in [-0.05, 0) is 24.1 Å². The van der Waals surface area contributed by atoms with Crippen LogP contribution in [-0.4, -0.2) is 0 Å². The van der Waals surface area contributed by atoms with Crippen LogP contribution < -0.4 is 4.74 Å². The molecule has 0 aliphatic rings. The van der Waals surface area contributed by atoms with Gasteiger partial charge in [0.05, 0.1) is 5.56 Å². The summed E-state index contributed by atoms with van der Waals surface area (Å²) >= 11 is 0. The second-order valence-electron chi connectivity index (χ2n) is 4.14. The van der Waals surface area contributed by atoms with Crippen LogP contribution in [-0.2, 0) is 13.0 Å². The van der Waals surface area contributed by atoms with Gasteiger partial charge in [0.2, 0.25) is 0 Å². The van der Waals surface area contributed by atoms with Crippen LogP contribution in [0.25, 0.3) is 0 Å². The average Bonchev–Trinajstić information content (AvgIpc) is 2.46. The summed E-state index contributed by atoms with van der Waals surface area (Å²) in [5.41, 5.74) is 1.52. The molecule has 2 aromatic rings. The maximum Gasteiger partial charge on any atom is 0.147 e. The molecule has 0 saturated heterocycles. The van der Waals surface area contributed by atoms with Gasteiger partial charge in [-0.1, -0.05) is 37.3 Å². The van der Waals surface area contributed by atoms with Gasteiger partial charge in [-0.2, -0.15) is 5.26 Å². The maximum atomic E-state index is 13.9. The predicted octanol–water partition coefficient (Wildman–Crippen LogP) is 3.84. The van der Waals surface area contributed by atoms with Crippen molar-refractivity contribution in [3.63, 3.8) is 0 Å². The number of nitriles is 1. The molecule has 19 heavy (non-hydrogen) atoms. The molecular weight excluding hydrogens is 241 g/mol. The Bertz CT molecular complexity index is 616. The van der Waals surface area contributed by atoms with E-state index in [9.17, 15) is 4.39 Å². The van der Waals surface area contributed by atoms with Crippen LogP contribution in [0.4, 0.5) is 4.39 Å². The minimum absolute atomic E-state index is 0.0462. The molecule has 2 nitrogen and oxygen atoms in total. The van der Waals surface area contributed by atoms with E-state index in [-0.39, 0.29) is 12.2 Å². The normalized spacial score (nSPS) is 9.95. The lowest BCUT2D eigenvalue weighted by Crippen LogP contribution is -2.01. The highest BCUT2D eigenvalue weighted by atomic mass is 19.1. The largest absolute Gasteiger partial charge is 0.489 e. The number of benzene rings is 2. The first-order valence-corrected chi connectivity index (χ1v) is 6.14. The lowest BCUT2D eigenvalue weighted by atomic mass is 10.1. The third-order valence-corrected chi connectivity index (χ3v) is 2.94. The minimum atomic E-state index is -0.501. The standard InChI is InChI=1S/C16H14FNO/c1-2-12-6-3-4-9-15(12)19-11-14-8-5-7-13(10-18)16(14)17/h3-9H,2,11H2,1H3. The Morgan fingerprint density at radius 1 is 1.11 bits per heavy atom.